The molecule has 1 aromatic carbocycles. The molecule has 0 unspecified atom stereocenters. The quantitative estimate of drug-likeness (QED) is 0.771. The second kappa shape index (κ2) is 4.20. The number of hydrogen-bond acceptors (Lipinski definition) is 5. The molecule has 5 heteroatoms. The van der Waals surface area contributed by atoms with Gasteiger partial charge in [0.25, 0.3) is 5.89 Å². The Balaban J connectivity index is 2.28. The highest BCUT2D eigenvalue weighted by Crippen LogP contribution is 2.17. The molecule has 78 valence electrons. The smallest absolute Gasteiger partial charge is 0.257 e. The first-order valence-electron chi connectivity index (χ1n) is 4.58. The Hall–Kier alpha value is -1.72. The molecule has 1 atom stereocenters. The first-order chi connectivity index (χ1) is 7.31. The lowest BCUT2D eigenvalue weighted by Crippen LogP contribution is -2.11. The molecule has 0 amide bonds. The average molecular weight is 205 g/mol. The molecular weight excluding hydrogens is 194 g/mol. The summed E-state index contributed by atoms with van der Waals surface area (Å²) in [4.78, 5) is 4.04. The van der Waals surface area contributed by atoms with Gasteiger partial charge in [-0.1, -0.05) is 35.5 Å². The van der Waals surface area contributed by atoms with Gasteiger partial charge in [-0.2, -0.15) is 4.98 Å². The van der Waals surface area contributed by atoms with Crippen LogP contribution in [0.5, 0.6) is 0 Å². The van der Waals surface area contributed by atoms with Crippen molar-refractivity contribution >= 4 is 0 Å². The van der Waals surface area contributed by atoms with E-state index in [-0.39, 0.29) is 12.4 Å². The van der Waals surface area contributed by atoms with E-state index in [1.165, 1.54) is 0 Å². The fraction of sp³-hybridized carbons (Fsp3) is 0.200. The van der Waals surface area contributed by atoms with Crippen molar-refractivity contribution in [2.24, 2.45) is 5.73 Å². The summed E-state index contributed by atoms with van der Waals surface area (Å²) < 4.78 is 4.88. The zero-order chi connectivity index (χ0) is 10.7. The number of aliphatic hydroxyl groups excluding tert-OH is 1. The third kappa shape index (κ3) is 2.03. The van der Waals surface area contributed by atoms with Gasteiger partial charge >= 0.3 is 0 Å². The van der Waals surface area contributed by atoms with E-state index >= 15 is 0 Å². The van der Waals surface area contributed by atoms with Gasteiger partial charge < -0.3 is 15.4 Å². The zero-order valence-corrected chi connectivity index (χ0v) is 8.00. The third-order valence-corrected chi connectivity index (χ3v) is 1.98. The van der Waals surface area contributed by atoms with E-state index in [2.05, 4.69) is 10.1 Å². The topological polar surface area (TPSA) is 85.2 Å². The summed E-state index contributed by atoms with van der Waals surface area (Å²) in [5, 5.41) is 13.1. The summed E-state index contributed by atoms with van der Waals surface area (Å²) in [6, 6.07) is 9.39. The van der Waals surface area contributed by atoms with Crippen LogP contribution >= 0.6 is 0 Å². The first-order valence-corrected chi connectivity index (χ1v) is 4.58. The third-order valence-electron chi connectivity index (χ3n) is 1.98. The van der Waals surface area contributed by atoms with Crippen LogP contribution in [0.25, 0.3) is 11.4 Å². The van der Waals surface area contributed by atoms with Crippen molar-refractivity contribution < 1.29 is 9.63 Å². The van der Waals surface area contributed by atoms with E-state index in [1.807, 2.05) is 30.3 Å². The molecule has 0 bridgehead atoms. The van der Waals surface area contributed by atoms with Crippen LogP contribution in [0.15, 0.2) is 34.9 Å². The van der Waals surface area contributed by atoms with Crippen LogP contribution in [0.1, 0.15) is 12.0 Å². The highest BCUT2D eigenvalue weighted by atomic mass is 16.5. The number of aliphatic hydroxyl groups is 1. The molecule has 5 nitrogen and oxygen atoms in total. The van der Waals surface area contributed by atoms with Gasteiger partial charge in [0, 0.05) is 12.1 Å². The van der Waals surface area contributed by atoms with Gasteiger partial charge in [0.15, 0.2) is 0 Å². The molecule has 0 aliphatic heterocycles. The molecule has 1 heterocycles. The number of nitrogens with two attached hydrogens (primary N) is 1. The van der Waals surface area contributed by atoms with Gasteiger partial charge in [-0.3, -0.25) is 0 Å². The standard InChI is InChI=1S/C10H11N3O2/c11-6-8(14)10-12-9(13-15-10)7-4-2-1-3-5-7/h1-5,8,14H,6,11H2/t8-/m0/s1. The molecule has 1 aromatic heterocycles. The van der Waals surface area contributed by atoms with Crippen LogP contribution in [0.4, 0.5) is 0 Å². The van der Waals surface area contributed by atoms with Crippen LogP contribution < -0.4 is 5.73 Å². The Morgan fingerprint density at radius 1 is 1.33 bits per heavy atom. The van der Waals surface area contributed by atoms with Crippen LogP contribution in [0.3, 0.4) is 0 Å². The number of rotatable bonds is 3. The summed E-state index contributed by atoms with van der Waals surface area (Å²) in [6.45, 7) is 0.0659. The molecule has 15 heavy (non-hydrogen) atoms. The molecule has 0 spiro atoms. The van der Waals surface area contributed by atoms with Gasteiger partial charge in [-0.25, -0.2) is 0 Å². The summed E-state index contributed by atoms with van der Waals surface area (Å²) in [5.74, 6) is 0.606. The van der Waals surface area contributed by atoms with Crippen molar-refractivity contribution in [3.63, 3.8) is 0 Å². The lowest BCUT2D eigenvalue weighted by molar-refractivity contribution is 0.141. The second-order valence-corrected chi connectivity index (χ2v) is 3.07. The van der Waals surface area contributed by atoms with E-state index in [0.717, 1.165) is 5.56 Å². The van der Waals surface area contributed by atoms with Crippen LogP contribution in [-0.2, 0) is 0 Å². The van der Waals surface area contributed by atoms with Crippen molar-refractivity contribution in [2.45, 2.75) is 6.10 Å². The summed E-state index contributed by atoms with van der Waals surface area (Å²) in [6.07, 6.45) is -0.894. The average Bonchev–Trinajstić information content (AvgIpc) is 2.78. The van der Waals surface area contributed by atoms with Crippen molar-refractivity contribution in [2.75, 3.05) is 6.54 Å². The van der Waals surface area contributed by atoms with Crippen molar-refractivity contribution in [3.05, 3.63) is 36.2 Å². The normalized spacial score (nSPS) is 12.7. The molecule has 0 saturated heterocycles. The SMILES string of the molecule is NC[C@H](O)c1nc(-c2ccccc2)no1. The summed E-state index contributed by atoms with van der Waals surface area (Å²) in [5.41, 5.74) is 6.12. The minimum atomic E-state index is -0.894. The Kier molecular flexibility index (Phi) is 2.75. The minimum Gasteiger partial charge on any atom is -0.382 e. The van der Waals surface area contributed by atoms with Crippen LogP contribution in [-0.4, -0.2) is 21.8 Å². The molecule has 0 aliphatic carbocycles. The van der Waals surface area contributed by atoms with Gasteiger partial charge in [0.2, 0.25) is 5.82 Å². The van der Waals surface area contributed by atoms with E-state index in [9.17, 15) is 5.11 Å². The van der Waals surface area contributed by atoms with Crippen LogP contribution in [0.2, 0.25) is 0 Å². The van der Waals surface area contributed by atoms with E-state index < -0.39 is 6.10 Å². The largest absolute Gasteiger partial charge is 0.382 e. The molecule has 2 aromatic rings. The predicted molar refractivity (Wildman–Crippen MR) is 53.7 cm³/mol. The van der Waals surface area contributed by atoms with E-state index in [4.69, 9.17) is 10.3 Å². The Bertz CT molecular complexity index is 427. The fourth-order valence-corrected chi connectivity index (χ4v) is 1.18. The van der Waals surface area contributed by atoms with Gasteiger partial charge in [-0.05, 0) is 0 Å². The minimum absolute atomic E-state index is 0.0659. The van der Waals surface area contributed by atoms with Gasteiger partial charge in [-0.15, -0.1) is 0 Å². The van der Waals surface area contributed by atoms with Crippen molar-refractivity contribution in [1.82, 2.24) is 10.1 Å². The first kappa shape index (κ1) is 9.82. The highest BCUT2D eigenvalue weighted by Gasteiger charge is 2.14. The highest BCUT2D eigenvalue weighted by molar-refractivity contribution is 5.53. The van der Waals surface area contributed by atoms with E-state index in [1.54, 1.807) is 0 Å². The second-order valence-electron chi connectivity index (χ2n) is 3.07. The lowest BCUT2D eigenvalue weighted by Gasteiger charge is -1.98. The molecule has 0 aliphatic rings. The summed E-state index contributed by atoms with van der Waals surface area (Å²) >= 11 is 0. The number of nitrogens with zero attached hydrogens (tertiary/aromatic N) is 2. The zero-order valence-electron chi connectivity index (χ0n) is 8.00. The maximum atomic E-state index is 9.37. The maximum absolute atomic E-state index is 9.37. The molecular formula is C10H11N3O2. The van der Waals surface area contributed by atoms with Gasteiger partial charge in [0.05, 0.1) is 0 Å². The molecule has 0 saturated carbocycles. The Morgan fingerprint density at radius 2 is 2.07 bits per heavy atom. The monoisotopic (exact) mass is 205 g/mol. The van der Waals surface area contributed by atoms with Crippen molar-refractivity contribution in [3.8, 4) is 11.4 Å². The molecule has 3 N–H and O–H groups in total. The number of hydrogen-bond donors (Lipinski definition) is 2. The fourth-order valence-electron chi connectivity index (χ4n) is 1.18. The lowest BCUT2D eigenvalue weighted by atomic mass is 10.2. The molecule has 2 rings (SSSR count). The molecule has 0 fully saturated rings. The Labute approximate surface area is 86.5 Å². The van der Waals surface area contributed by atoms with Crippen LogP contribution in [0, 0.1) is 0 Å². The molecule has 0 radical (unpaired) electrons. The summed E-state index contributed by atoms with van der Waals surface area (Å²) in [7, 11) is 0. The predicted octanol–water partition coefficient (Wildman–Crippen LogP) is 0.729. The van der Waals surface area contributed by atoms with Crippen molar-refractivity contribution in [1.29, 1.82) is 0 Å². The maximum Gasteiger partial charge on any atom is 0.257 e. The number of benzene rings is 1. The number of aromatic nitrogens is 2. The Morgan fingerprint density at radius 3 is 2.73 bits per heavy atom. The van der Waals surface area contributed by atoms with Gasteiger partial charge in [0.1, 0.15) is 6.10 Å². The van der Waals surface area contributed by atoms with E-state index in [0.29, 0.717) is 5.82 Å².